The lowest BCUT2D eigenvalue weighted by Crippen LogP contribution is -2.37. The Balaban J connectivity index is 1.99. The van der Waals surface area contributed by atoms with Crippen LogP contribution in [-0.2, 0) is 13.0 Å². The predicted octanol–water partition coefficient (Wildman–Crippen LogP) is 3.37. The normalized spacial score (nSPS) is 11.8. The first-order valence-corrected chi connectivity index (χ1v) is 7.82. The Kier molecular flexibility index (Phi) is 4.09. The smallest absolute Gasteiger partial charge is 0.118 e. The molecule has 1 heterocycles. The molecule has 0 saturated carbocycles. The Morgan fingerprint density at radius 3 is 2.43 bits per heavy atom. The number of benzene rings is 2. The molecule has 0 unspecified atom stereocenters. The molecule has 0 bridgehead atoms. The minimum atomic E-state index is -0.294. The van der Waals surface area contributed by atoms with Crippen LogP contribution in [0, 0.1) is 0 Å². The van der Waals surface area contributed by atoms with Gasteiger partial charge in [-0.2, -0.15) is 0 Å². The first kappa shape index (κ1) is 15.6. The van der Waals surface area contributed by atoms with E-state index in [0.717, 1.165) is 35.6 Å². The zero-order valence-electron chi connectivity index (χ0n) is 13.9. The Labute approximate surface area is 136 Å². The summed E-state index contributed by atoms with van der Waals surface area (Å²) in [6.45, 7) is 4.82. The van der Waals surface area contributed by atoms with Gasteiger partial charge in [0, 0.05) is 18.5 Å². The van der Waals surface area contributed by atoms with Crippen molar-refractivity contribution in [2.75, 3.05) is 7.11 Å². The summed E-state index contributed by atoms with van der Waals surface area (Å²) in [6, 6.07) is 16.3. The number of ether oxygens (including phenoxy) is 1. The fourth-order valence-corrected chi connectivity index (χ4v) is 2.77. The van der Waals surface area contributed by atoms with Crippen LogP contribution < -0.4 is 10.5 Å². The Bertz CT molecular complexity index is 798. The van der Waals surface area contributed by atoms with Gasteiger partial charge in [-0.1, -0.05) is 24.3 Å². The standard InChI is InChI=1S/C19H23N3O/c1-19(2,20)13-22-17-7-5-4-6-16(17)21-18(22)12-14-8-10-15(23-3)11-9-14/h4-11H,12-13,20H2,1-3H3. The fraction of sp³-hybridized carbons (Fsp3) is 0.316. The molecule has 0 aliphatic heterocycles. The zero-order valence-corrected chi connectivity index (χ0v) is 13.9. The number of hydrogen-bond donors (Lipinski definition) is 1. The van der Waals surface area contributed by atoms with Crippen molar-refractivity contribution in [3.63, 3.8) is 0 Å². The summed E-state index contributed by atoms with van der Waals surface area (Å²) >= 11 is 0. The Hall–Kier alpha value is -2.33. The molecule has 2 N–H and O–H groups in total. The highest BCUT2D eigenvalue weighted by Gasteiger charge is 2.18. The van der Waals surface area contributed by atoms with Gasteiger partial charge >= 0.3 is 0 Å². The van der Waals surface area contributed by atoms with Gasteiger partial charge in [-0.15, -0.1) is 0 Å². The van der Waals surface area contributed by atoms with Crippen molar-refractivity contribution in [1.29, 1.82) is 0 Å². The van der Waals surface area contributed by atoms with Gasteiger partial charge in [0.05, 0.1) is 18.1 Å². The van der Waals surface area contributed by atoms with Crippen molar-refractivity contribution in [2.24, 2.45) is 5.73 Å². The number of methoxy groups -OCH3 is 1. The third-order valence-corrected chi connectivity index (χ3v) is 3.82. The Morgan fingerprint density at radius 2 is 1.78 bits per heavy atom. The molecule has 0 spiro atoms. The van der Waals surface area contributed by atoms with Gasteiger partial charge in [-0.25, -0.2) is 4.98 Å². The van der Waals surface area contributed by atoms with Crippen molar-refractivity contribution in [2.45, 2.75) is 32.4 Å². The zero-order chi connectivity index (χ0) is 16.4. The average molecular weight is 309 g/mol. The minimum Gasteiger partial charge on any atom is -0.497 e. The molecule has 23 heavy (non-hydrogen) atoms. The molecule has 1 aromatic heterocycles. The van der Waals surface area contributed by atoms with Crippen LogP contribution in [0.5, 0.6) is 5.75 Å². The second kappa shape index (κ2) is 6.05. The van der Waals surface area contributed by atoms with Crippen LogP contribution in [0.3, 0.4) is 0 Å². The van der Waals surface area contributed by atoms with E-state index in [0.29, 0.717) is 0 Å². The third kappa shape index (κ3) is 3.54. The van der Waals surface area contributed by atoms with Crippen LogP contribution in [0.1, 0.15) is 25.2 Å². The van der Waals surface area contributed by atoms with Crippen molar-refractivity contribution < 1.29 is 4.74 Å². The first-order valence-electron chi connectivity index (χ1n) is 7.82. The SMILES string of the molecule is COc1ccc(Cc2nc3ccccc3n2CC(C)(C)N)cc1. The molecule has 0 aliphatic rings. The van der Waals surface area contributed by atoms with E-state index in [1.165, 1.54) is 5.56 Å². The van der Waals surface area contributed by atoms with E-state index in [1.54, 1.807) is 7.11 Å². The van der Waals surface area contributed by atoms with E-state index < -0.39 is 0 Å². The number of nitrogens with two attached hydrogens (primary N) is 1. The largest absolute Gasteiger partial charge is 0.497 e. The molecular formula is C19H23N3O. The lowest BCUT2D eigenvalue weighted by molar-refractivity contribution is 0.414. The summed E-state index contributed by atoms with van der Waals surface area (Å²) in [5, 5.41) is 0. The van der Waals surface area contributed by atoms with E-state index in [2.05, 4.69) is 22.8 Å². The average Bonchev–Trinajstić information content (AvgIpc) is 2.84. The molecule has 0 atom stereocenters. The second-order valence-electron chi connectivity index (χ2n) is 6.62. The number of hydrogen-bond acceptors (Lipinski definition) is 3. The number of fused-ring (bicyclic) bond motifs is 1. The Morgan fingerprint density at radius 1 is 1.09 bits per heavy atom. The highest BCUT2D eigenvalue weighted by molar-refractivity contribution is 5.76. The third-order valence-electron chi connectivity index (χ3n) is 3.82. The van der Waals surface area contributed by atoms with Crippen LogP contribution in [-0.4, -0.2) is 22.2 Å². The predicted molar refractivity (Wildman–Crippen MR) is 93.8 cm³/mol. The van der Waals surface area contributed by atoms with Gasteiger partial charge in [0.25, 0.3) is 0 Å². The van der Waals surface area contributed by atoms with E-state index >= 15 is 0 Å². The number of aromatic nitrogens is 2. The van der Waals surface area contributed by atoms with Crippen molar-refractivity contribution in [3.8, 4) is 5.75 Å². The van der Waals surface area contributed by atoms with Crippen LogP contribution in [0.4, 0.5) is 0 Å². The summed E-state index contributed by atoms with van der Waals surface area (Å²) in [7, 11) is 1.68. The van der Waals surface area contributed by atoms with Crippen LogP contribution >= 0.6 is 0 Å². The van der Waals surface area contributed by atoms with Crippen LogP contribution in [0.25, 0.3) is 11.0 Å². The van der Waals surface area contributed by atoms with Gasteiger partial charge in [0.2, 0.25) is 0 Å². The van der Waals surface area contributed by atoms with Gasteiger partial charge in [0.15, 0.2) is 0 Å². The quantitative estimate of drug-likeness (QED) is 0.786. The molecule has 2 aromatic carbocycles. The first-order chi connectivity index (χ1) is 11.0. The molecule has 120 valence electrons. The molecule has 0 radical (unpaired) electrons. The number of nitrogens with zero attached hydrogens (tertiary/aromatic N) is 2. The highest BCUT2D eigenvalue weighted by atomic mass is 16.5. The molecule has 3 aromatic rings. The van der Waals surface area contributed by atoms with E-state index in [9.17, 15) is 0 Å². The fourth-order valence-electron chi connectivity index (χ4n) is 2.77. The van der Waals surface area contributed by atoms with Crippen LogP contribution in [0.2, 0.25) is 0 Å². The lowest BCUT2D eigenvalue weighted by atomic mass is 10.1. The number of para-hydroxylation sites is 2. The van der Waals surface area contributed by atoms with Gasteiger partial charge < -0.3 is 15.0 Å². The number of rotatable bonds is 5. The highest BCUT2D eigenvalue weighted by Crippen LogP contribution is 2.21. The summed E-state index contributed by atoms with van der Waals surface area (Å²) in [5.41, 5.74) is 9.31. The molecular weight excluding hydrogens is 286 g/mol. The molecule has 0 saturated heterocycles. The summed E-state index contributed by atoms with van der Waals surface area (Å²) in [5.74, 6) is 1.90. The number of imidazole rings is 1. The molecule has 4 nitrogen and oxygen atoms in total. The van der Waals surface area contributed by atoms with Gasteiger partial charge in [-0.3, -0.25) is 0 Å². The molecule has 4 heteroatoms. The van der Waals surface area contributed by atoms with Gasteiger partial charge in [-0.05, 0) is 43.7 Å². The van der Waals surface area contributed by atoms with Crippen molar-refractivity contribution in [3.05, 3.63) is 59.9 Å². The van der Waals surface area contributed by atoms with E-state index in [-0.39, 0.29) is 5.54 Å². The second-order valence-corrected chi connectivity index (χ2v) is 6.62. The minimum absolute atomic E-state index is 0.294. The maximum absolute atomic E-state index is 6.25. The maximum atomic E-state index is 6.25. The van der Waals surface area contributed by atoms with Crippen molar-refractivity contribution in [1.82, 2.24) is 9.55 Å². The maximum Gasteiger partial charge on any atom is 0.118 e. The lowest BCUT2D eigenvalue weighted by Gasteiger charge is -2.21. The van der Waals surface area contributed by atoms with E-state index in [4.69, 9.17) is 15.5 Å². The molecule has 0 amide bonds. The molecule has 0 aliphatic carbocycles. The van der Waals surface area contributed by atoms with Gasteiger partial charge in [0.1, 0.15) is 11.6 Å². The van der Waals surface area contributed by atoms with Crippen LogP contribution in [0.15, 0.2) is 48.5 Å². The summed E-state index contributed by atoms with van der Waals surface area (Å²) in [6.07, 6.45) is 0.773. The van der Waals surface area contributed by atoms with E-state index in [1.807, 2.05) is 44.2 Å². The molecule has 0 fully saturated rings. The van der Waals surface area contributed by atoms with Crippen molar-refractivity contribution >= 4 is 11.0 Å². The monoisotopic (exact) mass is 309 g/mol. The summed E-state index contributed by atoms with van der Waals surface area (Å²) in [4.78, 5) is 4.81. The summed E-state index contributed by atoms with van der Waals surface area (Å²) < 4.78 is 7.46. The topological polar surface area (TPSA) is 53.1 Å². The molecule has 3 rings (SSSR count).